The van der Waals surface area contributed by atoms with Crippen LogP contribution in [-0.4, -0.2) is 18.2 Å². The van der Waals surface area contributed by atoms with E-state index in [1.807, 2.05) is 109 Å². The Morgan fingerprint density at radius 2 is 0.774 bits per heavy atom. The number of hydrogen-bond donors (Lipinski definition) is 2. The molecule has 4 aromatic rings. The van der Waals surface area contributed by atoms with Crippen molar-refractivity contribution in [1.82, 2.24) is 0 Å². The van der Waals surface area contributed by atoms with Gasteiger partial charge in [0.15, 0.2) is 11.6 Å². The standard InChI is InChI=1S/C27H22N2O2/c30-26(20-7-3-1-4-8-20)22-11-15-24(16-12-22)28-19-29-25-17-13-23(14-18-25)27(31)21-9-5-2-6-10-21/h1-18,28-29H,19H2. The minimum absolute atomic E-state index is 0.00964. The molecular formula is C27H22N2O2. The van der Waals surface area contributed by atoms with Crippen LogP contribution in [0.1, 0.15) is 31.8 Å². The number of ketones is 2. The molecule has 0 heterocycles. The minimum atomic E-state index is 0.00964. The Balaban J connectivity index is 1.30. The van der Waals surface area contributed by atoms with Gasteiger partial charge in [-0.15, -0.1) is 0 Å². The van der Waals surface area contributed by atoms with E-state index in [4.69, 9.17) is 0 Å². The van der Waals surface area contributed by atoms with Crippen molar-refractivity contribution in [1.29, 1.82) is 0 Å². The van der Waals surface area contributed by atoms with Crippen LogP contribution in [0.15, 0.2) is 109 Å². The van der Waals surface area contributed by atoms with Crippen molar-refractivity contribution in [2.45, 2.75) is 0 Å². The number of hydrogen-bond acceptors (Lipinski definition) is 4. The van der Waals surface area contributed by atoms with Crippen molar-refractivity contribution in [3.05, 3.63) is 131 Å². The number of nitrogens with one attached hydrogen (secondary N) is 2. The van der Waals surface area contributed by atoms with E-state index < -0.39 is 0 Å². The lowest BCUT2D eigenvalue weighted by molar-refractivity contribution is 0.103. The van der Waals surface area contributed by atoms with Crippen molar-refractivity contribution < 1.29 is 9.59 Å². The van der Waals surface area contributed by atoms with Gasteiger partial charge in [0.25, 0.3) is 0 Å². The molecule has 4 aromatic carbocycles. The second kappa shape index (κ2) is 9.55. The lowest BCUT2D eigenvalue weighted by Crippen LogP contribution is -2.12. The Kier molecular flexibility index (Phi) is 6.19. The largest absolute Gasteiger partial charge is 0.368 e. The summed E-state index contributed by atoms with van der Waals surface area (Å²) >= 11 is 0. The smallest absolute Gasteiger partial charge is 0.193 e. The van der Waals surface area contributed by atoms with E-state index in [1.54, 1.807) is 0 Å². The Bertz CT molecular complexity index is 1060. The topological polar surface area (TPSA) is 58.2 Å². The number of rotatable bonds is 8. The average Bonchev–Trinajstić information content (AvgIpc) is 2.85. The van der Waals surface area contributed by atoms with E-state index >= 15 is 0 Å². The number of carbonyl (C=O) groups is 2. The monoisotopic (exact) mass is 406 g/mol. The van der Waals surface area contributed by atoms with Crippen molar-refractivity contribution in [2.75, 3.05) is 17.3 Å². The van der Waals surface area contributed by atoms with Gasteiger partial charge in [-0.2, -0.15) is 0 Å². The Morgan fingerprint density at radius 3 is 1.13 bits per heavy atom. The maximum absolute atomic E-state index is 12.5. The fraction of sp³-hybridized carbons (Fsp3) is 0.0370. The summed E-state index contributed by atoms with van der Waals surface area (Å²) in [6.07, 6.45) is 0. The van der Waals surface area contributed by atoms with Gasteiger partial charge in [0.2, 0.25) is 0 Å². The second-order valence-electron chi connectivity index (χ2n) is 7.08. The number of carbonyl (C=O) groups excluding carboxylic acids is 2. The predicted molar refractivity (Wildman–Crippen MR) is 125 cm³/mol. The summed E-state index contributed by atoms with van der Waals surface area (Å²) < 4.78 is 0. The highest BCUT2D eigenvalue weighted by Crippen LogP contribution is 2.16. The van der Waals surface area contributed by atoms with Crippen molar-refractivity contribution in [3.8, 4) is 0 Å². The normalized spacial score (nSPS) is 10.3. The molecule has 0 aliphatic carbocycles. The third-order valence-electron chi connectivity index (χ3n) is 4.95. The van der Waals surface area contributed by atoms with Crippen molar-refractivity contribution in [3.63, 3.8) is 0 Å². The third kappa shape index (κ3) is 5.06. The van der Waals surface area contributed by atoms with E-state index in [0.29, 0.717) is 28.9 Å². The van der Waals surface area contributed by atoms with Gasteiger partial charge < -0.3 is 10.6 Å². The van der Waals surface area contributed by atoms with Crippen molar-refractivity contribution >= 4 is 22.9 Å². The lowest BCUT2D eigenvalue weighted by atomic mass is 10.0. The highest BCUT2D eigenvalue weighted by Gasteiger charge is 2.09. The highest BCUT2D eigenvalue weighted by atomic mass is 16.1. The molecule has 152 valence electrons. The fourth-order valence-electron chi connectivity index (χ4n) is 3.24. The number of benzene rings is 4. The molecule has 4 rings (SSSR count). The lowest BCUT2D eigenvalue weighted by Gasteiger charge is -2.10. The molecule has 0 radical (unpaired) electrons. The van der Waals surface area contributed by atoms with Crippen LogP contribution in [0.2, 0.25) is 0 Å². The van der Waals surface area contributed by atoms with Crippen LogP contribution < -0.4 is 10.6 Å². The Morgan fingerprint density at radius 1 is 0.452 bits per heavy atom. The molecule has 0 aliphatic heterocycles. The minimum Gasteiger partial charge on any atom is -0.368 e. The maximum atomic E-state index is 12.5. The molecule has 0 aromatic heterocycles. The van der Waals surface area contributed by atoms with E-state index in [9.17, 15) is 9.59 Å². The summed E-state index contributed by atoms with van der Waals surface area (Å²) in [5, 5.41) is 6.55. The molecular weight excluding hydrogens is 384 g/mol. The zero-order valence-corrected chi connectivity index (χ0v) is 16.9. The average molecular weight is 406 g/mol. The first kappa shape index (κ1) is 20.1. The van der Waals surface area contributed by atoms with Crippen LogP contribution in [0.25, 0.3) is 0 Å². The first-order chi connectivity index (χ1) is 15.2. The second-order valence-corrected chi connectivity index (χ2v) is 7.08. The van der Waals surface area contributed by atoms with Gasteiger partial charge in [-0.3, -0.25) is 9.59 Å². The van der Waals surface area contributed by atoms with Crippen LogP contribution in [0, 0.1) is 0 Å². The molecule has 0 amide bonds. The first-order valence-electron chi connectivity index (χ1n) is 10.1. The summed E-state index contributed by atoms with van der Waals surface area (Å²) in [6, 6.07) is 33.3. The maximum Gasteiger partial charge on any atom is 0.193 e. The molecule has 0 spiro atoms. The summed E-state index contributed by atoms with van der Waals surface area (Å²) in [4.78, 5) is 24.9. The van der Waals surface area contributed by atoms with Gasteiger partial charge in [0.1, 0.15) is 0 Å². The van der Waals surface area contributed by atoms with E-state index in [-0.39, 0.29) is 11.6 Å². The molecule has 0 bridgehead atoms. The molecule has 0 saturated carbocycles. The van der Waals surface area contributed by atoms with Gasteiger partial charge in [0, 0.05) is 33.6 Å². The molecule has 4 nitrogen and oxygen atoms in total. The van der Waals surface area contributed by atoms with Crippen LogP contribution >= 0.6 is 0 Å². The zero-order valence-electron chi connectivity index (χ0n) is 16.9. The highest BCUT2D eigenvalue weighted by molar-refractivity contribution is 6.09. The molecule has 0 unspecified atom stereocenters. The van der Waals surface area contributed by atoms with Gasteiger partial charge in [-0.05, 0) is 48.5 Å². The summed E-state index contributed by atoms with van der Waals surface area (Å²) in [5.41, 5.74) is 4.49. The molecule has 31 heavy (non-hydrogen) atoms. The Labute approximate surface area is 181 Å². The first-order valence-corrected chi connectivity index (χ1v) is 10.1. The summed E-state index contributed by atoms with van der Waals surface area (Å²) in [6.45, 7) is 0.512. The van der Waals surface area contributed by atoms with E-state index in [2.05, 4.69) is 10.6 Å². The molecule has 0 aliphatic rings. The summed E-state index contributed by atoms with van der Waals surface area (Å²) in [7, 11) is 0. The molecule has 0 saturated heterocycles. The van der Waals surface area contributed by atoms with Gasteiger partial charge in [-0.1, -0.05) is 60.7 Å². The fourth-order valence-corrected chi connectivity index (χ4v) is 3.24. The SMILES string of the molecule is O=C(c1ccccc1)c1ccc(NCNc2ccc(C(=O)c3ccccc3)cc2)cc1. The molecule has 2 N–H and O–H groups in total. The predicted octanol–water partition coefficient (Wildman–Crippen LogP) is 5.63. The van der Waals surface area contributed by atoms with Crippen LogP contribution in [-0.2, 0) is 0 Å². The third-order valence-corrected chi connectivity index (χ3v) is 4.95. The quantitative estimate of drug-likeness (QED) is 0.294. The van der Waals surface area contributed by atoms with Gasteiger partial charge >= 0.3 is 0 Å². The van der Waals surface area contributed by atoms with Gasteiger partial charge in [0.05, 0.1) is 6.67 Å². The summed E-state index contributed by atoms with van der Waals surface area (Å²) in [5.74, 6) is 0.0193. The van der Waals surface area contributed by atoms with Crippen LogP contribution in [0.3, 0.4) is 0 Å². The van der Waals surface area contributed by atoms with Crippen molar-refractivity contribution in [2.24, 2.45) is 0 Å². The Hall–Kier alpha value is -4.18. The molecule has 4 heteroatoms. The molecule has 0 atom stereocenters. The van der Waals surface area contributed by atoms with Crippen LogP contribution in [0.5, 0.6) is 0 Å². The van der Waals surface area contributed by atoms with E-state index in [1.165, 1.54) is 0 Å². The van der Waals surface area contributed by atoms with Crippen LogP contribution in [0.4, 0.5) is 11.4 Å². The molecule has 0 fully saturated rings. The van der Waals surface area contributed by atoms with Gasteiger partial charge in [-0.25, -0.2) is 0 Å². The zero-order chi connectivity index (χ0) is 21.5. The number of anilines is 2. The van der Waals surface area contributed by atoms with E-state index in [0.717, 1.165) is 11.4 Å².